The Balaban J connectivity index is 1.74. The molecule has 1 aliphatic rings. The number of hydrogen-bond donors (Lipinski definition) is 1. The first-order chi connectivity index (χ1) is 9.34. The number of nitrogens with zero attached hydrogens (tertiary/aromatic N) is 2. The monoisotopic (exact) mass is 271 g/mol. The number of carbonyl (C=O) groups is 1. The Morgan fingerprint density at radius 2 is 2.05 bits per heavy atom. The first-order valence-corrected chi connectivity index (χ1v) is 7.10. The molecule has 4 nitrogen and oxygen atoms in total. The molecule has 2 heterocycles. The average Bonchev–Trinajstić information content (AvgIpc) is 2.67. The van der Waals surface area contributed by atoms with Gasteiger partial charge in [-0.15, -0.1) is 0 Å². The molecule has 0 aliphatic carbocycles. The molecule has 1 aliphatic heterocycles. The van der Waals surface area contributed by atoms with E-state index in [0.29, 0.717) is 5.92 Å². The number of carbonyl (C=O) groups excluding carboxylic acids is 1. The van der Waals surface area contributed by atoms with Crippen LogP contribution in [0.4, 0.5) is 0 Å². The second kappa shape index (κ2) is 4.33. The van der Waals surface area contributed by atoms with E-state index in [1.807, 2.05) is 31.7 Å². The second-order valence-electron chi connectivity index (χ2n) is 6.80. The third kappa shape index (κ3) is 2.19. The quantitative estimate of drug-likeness (QED) is 0.867. The minimum atomic E-state index is -0.296. The highest BCUT2D eigenvalue weighted by Gasteiger charge is 2.38. The Labute approximate surface area is 119 Å². The van der Waals surface area contributed by atoms with E-state index in [0.717, 1.165) is 29.9 Å². The lowest BCUT2D eigenvalue weighted by Gasteiger charge is -2.41. The highest BCUT2D eigenvalue weighted by atomic mass is 16.2. The molecule has 1 saturated heterocycles. The van der Waals surface area contributed by atoms with Crippen molar-refractivity contribution >= 4 is 16.9 Å². The summed E-state index contributed by atoms with van der Waals surface area (Å²) in [5.74, 6) is 1.57. The number of aromatic nitrogens is 2. The van der Waals surface area contributed by atoms with Crippen molar-refractivity contribution in [3.05, 3.63) is 29.6 Å². The Morgan fingerprint density at radius 1 is 1.35 bits per heavy atom. The molecule has 1 N–H and O–H groups in total. The summed E-state index contributed by atoms with van der Waals surface area (Å²) in [6.45, 7) is 9.52. The van der Waals surface area contributed by atoms with Crippen molar-refractivity contribution in [3.63, 3.8) is 0 Å². The van der Waals surface area contributed by atoms with Gasteiger partial charge < -0.3 is 9.88 Å². The summed E-state index contributed by atoms with van der Waals surface area (Å²) >= 11 is 0. The van der Waals surface area contributed by atoms with Crippen LogP contribution in [0.5, 0.6) is 0 Å². The van der Waals surface area contributed by atoms with Crippen LogP contribution in [-0.4, -0.2) is 33.9 Å². The van der Waals surface area contributed by atoms with Crippen molar-refractivity contribution in [2.24, 2.45) is 5.41 Å². The summed E-state index contributed by atoms with van der Waals surface area (Å²) in [5, 5.41) is 0. The molecule has 1 amide bonds. The van der Waals surface area contributed by atoms with Crippen molar-refractivity contribution in [2.45, 2.75) is 33.6 Å². The Morgan fingerprint density at radius 3 is 2.70 bits per heavy atom. The van der Waals surface area contributed by atoms with Gasteiger partial charge in [-0.1, -0.05) is 26.8 Å². The topological polar surface area (TPSA) is 49.0 Å². The predicted octanol–water partition coefficient (Wildman–Crippen LogP) is 2.84. The maximum absolute atomic E-state index is 12.1. The van der Waals surface area contributed by atoms with Crippen LogP contribution >= 0.6 is 0 Å². The van der Waals surface area contributed by atoms with Crippen molar-refractivity contribution < 1.29 is 4.79 Å². The first-order valence-electron chi connectivity index (χ1n) is 7.10. The molecule has 20 heavy (non-hydrogen) atoms. The normalized spacial score (nSPS) is 16.5. The van der Waals surface area contributed by atoms with Gasteiger partial charge >= 0.3 is 0 Å². The molecule has 2 aromatic rings. The summed E-state index contributed by atoms with van der Waals surface area (Å²) < 4.78 is 0. The van der Waals surface area contributed by atoms with Gasteiger partial charge in [0.05, 0.1) is 17.0 Å². The minimum absolute atomic E-state index is 0.223. The second-order valence-corrected chi connectivity index (χ2v) is 6.80. The van der Waals surface area contributed by atoms with E-state index in [1.54, 1.807) is 0 Å². The largest absolute Gasteiger partial charge is 0.342 e. The number of likely N-dealkylation sites (tertiary alicyclic amines) is 1. The summed E-state index contributed by atoms with van der Waals surface area (Å²) in [7, 11) is 0. The summed E-state index contributed by atoms with van der Waals surface area (Å²) in [6.07, 6.45) is 0. The molecular weight excluding hydrogens is 250 g/mol. The van der Waals surface area contributed by atoms with Crippen LogP contribution in [0.15, 0.2) is 18.2 Å². The van der Waals surface area contributed by atoms with Crippen LogP contribution in [0, 0.1) is 12.3 Å². The first kappa shape index (κ1) is 13.2. The maximum atomic E-state index is 12.1. The van der Waals surface area contributed by atoms with Crippen LogP contribution < -0.4 is 0 Å². The van der Waals surface area contributed by atoms with Crippen molar-refractivity contribution in [1.29, 1.82) is 0 Å². The lowest BCUT2D eigenvalue weighted by molar-refractivity contribution is -0.144. The van der Waals surface area contributed by atoms with Gasteiger partial charge in [-0.2, -0.15) is 0 Å². The molecule has 3 rings (SSSR count). The van der Waals surface area contributed by atoms with E-state index in [2.05, 4.69) is 29.0 Å². The standard InChI is InChI=1S/C16H21N3O/c1-10-5-6-12-13(7-10)18-14(17-12)11-8-19(9-11)15(20)16(2,3)4/h5-7,11H,8-9H2,1-4H3,(H,17,18). The zero-order chi connectivity index (χ0) is 14.5. The molecule has 0 radical (unpaired) electrons. The molecule has 0 bridgehead atoms. The van der Waals surface area contributed by atoms with Gasteiger partial charge in [-0.25, -0.2) is 4.98 Å². The molecule has 106 valence electrons. The van der Waals surface area contributed by atoms with Crippen LogP contribution in [0.3, 0.4) is 0 Å². The number of benzene rings is 1. The Hall–Kier alpha value is -1.84. The number of hydrogen-bond acceptors (Lipinski definition) is 2. The molecule has 4 heteroatoms. The lowest BCUT2D eigenvalue weighted by atomic mass is 9.90. The number of rotatable bonds is 1. The molecule has 1 aromatic heterocycles. The summed E-state index contributed by atoms with van der Waals surface area (Å²) in [6, 6.07) is 6.23. The van der Waals surface area contributed by atoms with E-state index < -0.39 is 0 Å². The minimum Gasteiger partial charge on any atom is -0.342 e. The van der Waals surface area contributed by atoms with E-state index in [4.69, 9.17) is 0 Å². The lowest BCUT2D eigenvalue weighted by Crippen LogP contribution is -2.52. The van der Waals surface area contributed by atoms with Crippen molar-refractivity contribution in [3.8, 4) is 0 Å². The van der Waals surface area contributed by atoms with Gasteiger partial charge in [0.15, 0.2) is 0 Å². The van der Waals surface area contributed by atoms with Gasteiger partial charge in [0.1, 0.15) is 5.82 Å². The molecule has 0 saturated carbocycles. The smallest absolute Gasteiger partial charge is 0.227 e. The molecule has 0 unspecified atom stereocenters. The van der Waals surface area contributed by atoms with Crippen LogP contribution in [0.1, 0.15) is 38.1 Å². The molecule has 1 fully saturated rings. The predicted molar refractivity (Wildman–Crippen MR) is 79.6 cm³/mol. The van der Waals surface area contributed by atoms with E-state index in [-0.39, 0.29) is 11.3 Å². The molecule has 0 spiro atoms. The number of fused-ring (bicyclic) bond motifs is 1. The number of aryl methyl sites for hydroxylation is 1. The third-order valence-corrected chi connectivity index (χ3v) is 3.85. The zero-order valence-electron chi connectivity index (χ0n) is 12.5. The number of aromatic amines is 1. The van der Waals surface area contributed by atoms with Gasteiger partial charge in [-0.3, -0.25) is 4.79 Å². The summed E-state index contributed by atoms with van der Waals surface area (Å²) in [5.41, 5.74) is 3.02. The SMILES string of the molecule is Cc1ccc2nc(C3CN(C(=O)C(C)(C)C)C3)[nH]c2c1. The number of H-pyrrole nitrogens is 1. The average molecular weight is 271 g/mol. The molecule has 1 aromatic carbocycles. The van der Waals surface area contributed by atoms with E-state index in [1.165, 1.54) is 5.56 Å². The van der Waals surface area contributed by atoms with Crippen molar-refractivity contribution in [2.75, 3.05) is 13.1 Å². The highest BCUT2D eigenvalue weighted by Crippen LogP contribution is 2.30. The van der Waals surface area contributed by atoms with E-state index in [9.17, 15) is 4.79 Å². The van der Waals surface area contributed by atoms with Gasteiger partial charge in [0.25, 0.3) is 0 Å². The number of amides is 1. The fraction of sp³-hybridized carbons (Fsp3) is 0.500. The molecule has 0 atom stereocenters. The molecular formula is C16H21N3O. The van der Waals surface area contributed by atoms with Gasteiger partial charge in [0.2, 0.25) is 5.91 Å². The van der Waals surface area contributed by atoms with Crippen molar-refractivity contribution in [1.82, 2.24) is 14.9 Å². The number of imidazole rings is 1. The zero-order valence-corrected chi connectivity index (χ0v) is 12.5. The highest BCUT2D eigenvalue weighted by molar-refractivity contribution is 5.82. The van der Waals surface area contributed by atoms with Crippen LogP contribution in [0.2, 0.25) is 0 Å². The van der Waals surface area contributed by atoms with E-state index >= 15 is 0 Å². The third-order valence-electron chi connectivity index (χ3n) is 3.85. The van der Waals surface area contributed by atoms with Crippen LogP contribution in [-0.2, 0) is 4.79 Å². The fourth-order valence-corrected chi connectivity index (χ4v) is 2.63. The van der Waals surface area contributed by atoms with Gasteiger partial charge in [-0.05, 0) is 24.6 Å². The maximum Gasteiger partial charge on any atom is 0.227 e. The van der Waals surface area contributed by atoms with Gasteiger partial charge in [0, 0.05) is 18.5 Å². The van der Waals surface area contributed by atoms with Crippen LogP contribution in [0.25, 0.3) is 11.0 Å². The summed E-state index contributed by atoms with van der Waals surface area (Å²) in [4.78, 5) is 22.1. The fourth-order valence-electron chi connectivity index (χ4n) is 2.63. The number of nitrogens with one attached hydrogen (secondary N) is 1. The Bertz CT molecular complexity index is 660. The Kier molecular flexibility index (Phi) is 2.85.